The van der Waals surface area contributed by atoms with Gasteiger partial charge in [0.2, 0.25) is 0 Å². The lowest BCUT2D eigenvalue weighted by molar-refractivity contribution is -0.253. The number of anilines is 2. The standard InChI is InChI=1S/C52H40F8N2O10/c1-67-45-23-29(5-21-43(45)69-47(65)31-7-15-39(16-8-31)71-51(57,58)49(53)54)3-13-37(63)27-33-25-35(61)11-19-41(33)42-20-12-36(62)26-34(42)28-38(64)14-4-30-6-22-44(46(24-30)68-2)70-48(66)32-9-17-40(18-10-32)72-52(59,60)50(55)56/h3-26,49-50H,27-28,61-62H2,1-2H3/b13-3+,14-4+. The molecule has 0 saturated heterocycles. The van der Waals surface area contributed by atoms with Gasteiger partial charge in [-0.15, -0.1) is 0 Å². The van der Waals surface area contributed by atoms with Crippen LogP contribution in [0.25, 0.3) is 23.3 Å². The molecule has 6 aromatic rings. The lowest BCUT2D eigenvalue weighted by Gasteiger charge is -2.16. The summed E-state index contributed by atoms with van der Waals surface area (Å²) in [6, 6.07) is 26.6. The van der Waals surface area contributed by atoms with Crippen molar-refractivity contribution in [2.75, 3.05) is 25.7 Å². The van der Waals surface area contributed by atoms with E-state index in [1.54, 1.807) is 36.4 Å². The van der Waals surface area contributed by atoms with Crippen molar-refractivity contribution in [2.45, 2.75) is 37.9 Å². The summed E-state index contributed by atoms with van der Waals surface area (Å²) in [5.41, 5.74) is 16.0. The van der Waals surface area contributed by atoms with Crippen molar-refractivity contribution < 1.29 is 82.7 Å². The van der Waals surface area contributed by atoms with Crippen LogP contribution in [-0.2, 0) is 22.4 Å². The van der Waals surface area contributed by atoms with Gasteiger partial charge >= 0.3 is 37.0 Å². The minimum Gasteiger partial charge on any atom is -0.493 e. The third kappa shape index (κ3) is 13.8. The summed E-state index contributed by atoms with van der Waals surface area (Å²) >= 11 is 0. The fraction of sp³-hybridized carbons (Fsp3) is 0.154. The molecule has 0 bridgehead atoms. The van der Waals surface area contributed by atoms with Crippen molar-refractivity contribution in [2.24, 2.45) is 0 Å². The largest absolute Gasteiger partial charge is 0.493 e. The molecule has 0 saturated carbocycles. The molecule has 12 nitrogen and oxygen atoms in total. The topological polar surface area (TPSA) is 176 Å². The van der Waals surface area contributed by atoms with Gasteiger partial charge in [-0.2, -0.15) is 35.1 Å². The number of nitrogens with two attached hydrogens (primary N) is 2. The first-order valence-corrected chi connectivity index (χ1v) is 21.0. The molecule has 6 rings (SSSR count). The number of esters is 2. The maximum absolute atomic E-state index is 13.4. The highest BCUT2D eigenvalue weighted by atomic mass is 19.3. The van der Waals surface area contributed by atoms with E-state index in [1.807, 2.05) is 0 Å². The van der Waals surface area contributed by atoms with Gasteiger partial charge in [0.15, 0.2) is 34.6 Å². The van der Waals surface area contributed by atoms with E-state index in [0.29, 0.717) is 44.8 Å². The zero-order chi connectivity index (χ0) is 52.3. The second-order valence-electron chi connectivity index (χ2n) is 15.4. The van der Waals surface area contributed by atoms with E-state index in [-0.39, 0.29) is 58.5 Å². The number of alkyl halides is 8. The van der Waals surface area contributed by atoms with E-state index in [9.17, 15) is 54.3 Å². The molecule has 20 heteroatoms. The number of ether oxygens (including phenoxy) is 6. The number of hydrogen-bond acceptors (Lipinski definition) is 12. The minimum absolute atomic E-state index is 0.0292. The lowest BCUT2D eigenvalue weighted by atomic mass is 9.90. The number of methoxy groups -OCH3 is 2. The average Bonchev–Trinajstić information content (AvgIpc) is 3.33. The molecular formula is C52H40F8N2O10. The first-order chi connectivity index (χ1) is 34.1. The number of rotatable bonds is 21. The maximum atomic E-state index is 13.4. The normalized spacial score (nSPS) is 11.8. The zero-order valence-electron chi connectivity index (χ0n) is 37.7. The van der Waals surface area contributed by atoms with Crippen LogP contribution in [0, 0.1) is 0 Å². The number of carbonyl (C=O) groups excluding carboxylic acids is 4. The van der Waals surface area contributed by atoms with E-state index >= 15 is 0 Å². The van der Waals surface area contributed by atoms with E-state index in [2.05, 4.69) is 9.47 Å². The van der Waals surface area contributed by atoms with Gasteiger partial charge in [-0.3, -0.25) is 9.59 Å². The summed E-state index contributed by atoms with van der Waals surface area (Å²) in [4.78, 5) is 52.5. The quantitative estimate of drug-likeness (QED) is 0.0230. The van der Waals surface area contributed by atoms with Crippen molar-refractivity contribution in [3.63, 3.8) is 0 Å². The number of nitrogen functional groups attached to an aromatic ring is 2. The molecule has 0 atom stereocenters. The van der Waals surface area contributed by atoms with Gasteiger partial charge in [0.1, 0.15) is 11.5 Å². The van der Waals surface area contributed by atoms with E-state index < -0.39 is 48.5 Å². The van der Waals surface area contributed by atoms with Gasteiger partial charge in [-0.1, -0.05) is 36.4 Å². The molecule has 0 amide bonds. The van der Waals surface area contributed by atoms with Crippen LogP contribution in [0.3, 0.4) is 0 Å². The number of allylic oxidation sites excluding steroid dienone is 2. The minimum atomic E-state index is -4.73. The average molecular weight is 1000 g/mol. The molecule has 0 spiro atoms. The van der Waals surface area contributed by atoms with Gasteiger partial charge in [0.25, 0.3) is 0 Å². The van der Waals surface area contributed by atoms with Crippen molar-refractivity contribution in [3.8, 4) is 45.6 Å². The molecule has 0 radical (unpaired) electrons. The molecular weight excluding hydrogens is 965 g/mol. The summed E-state index contributed by atoms with van der Waals surface area (Å²) in [6.07, 6.45) is -12.2. The Labute approximate surface area is 405 Å². The second kappa shape index (κ2) is 22.8. The highest BCUT2D eigenvalue weighted by Gasteiger charge is 2.44. The summed E-state index contributed by atoms with van der Waals surface area (Å²) in [6.45, 7) is 0. The van der Waals surface area contributed by atoms with Crippen LogP contribution in [-0.4, -0.2) is 62.8 Å². The summed E-state index contributed by atoms with van der Waals surface area (Å²) in [5.74, 6) is -3.60. The second-order valence-corrected chi connectivity index (χ2v) is 15.4. The van der Waals surface area contributed by atoms with E-state index in [0.717, 1.165) is 48.5 Å². The van der Waals surface area contributed by atoms with Crippen molar-refractivity contribution in [3.05, 3.63) is 167 Å². The molecule has 72 heavy (non-hydrogen) atoms. The first-order valence-electron chi connectivity index (χ1n) is 21.0. The van der Waals surface area contributed by atoms with E-state index in [1.165, 1.54) is 74.9 Å². The molecule has 4 N–H and O–H groups in total. The van der Waals surface area contributed by atoms with Crippen LogP contribution in [0.4, 0.5) is 46.5 Å². The molecule has 0 aliphatic carbocycles. The molecule has 374 valence electrons. The number of hydrogen-bond donors (Lipinski definition) is 2. The smallest absolute Gasteiger partial charge is 0.461 e. The molecule has 0 heterocycles. The Kier molecular flexibility index (Phi) is 16.7. The fourth-order valence-corrected chi connectivity index (χ4v) is 6.70. The van der Waals surface area contributed by atoms with Gasteiger partial charge in [-0.05, 0) is 143 Å². The Morgan fingerprint density at radius 3 is 1.19 bits per heavy atom. The summed E-state index contributed by atoms with van der Waals surface area (Å²) in [5, 5.41) is 0. The summed E-state index contributed by atoms with van der Waals surface area (Å²) < 4.78 is 133. The van der Waals surface area contributed by atoms with Gasteiger partial charge in [0.05, 0.1) is 25.3 Å². The zero-order valence-corrected chi connectivity index (χ0v) is 37.7. The van der Waals surface area contributed by atoms with Crippen LogP contribution >= 0.6 is 0 Å². The highest BCUT2D eigenvalue weighted by Crippen LogP contribution is 2.35. The maximum Gasteiger partial charge on any atom is 0.461 e. The predicted octanol–water partition coefficient (Wildman–Crippen LogP) is 11.1. The predicted molar refractivity (Wildman–Crippen MR) is 248 cm³/mol. The van der Waals surface area contributed by atoms with Crippen LogP contribution in [0.5, 0.6) is 34.5 Å². The van der Waals surface area contributed by atoms with Gasteiger partial charge in [0, 0.05) is 24.2 Å². The van der Waals surface area contributed by atoms with Crippen molar-refractivity contribution >= 4 is 47.0 Å². The molecule has 0 aliphatic rings. The third-order valence-electron chi connectivity index (χ3n) is 10.2. The van der Waals surface area contributed by atoms with Crippen LogP contribution in [0.15, 0.2) is 133 Å². The lowest BCUT2D eigenvalue weighted by Crippen LogP contribution is -2.33. The molecule has 0 unspecified atom stereocenters. The first kappa shape index (κ1) is 52.7. The molecule has 0 aliphatic heterocycles. The summed E-state index contributed by atoms with van der Waals surface area (Å²) in [7, 11) is 2.62. The van der Waals surface area contributed by atoms with Gasteiger partial charge in [-0.25, -0.2) is 9.59 Å². The fourth-order valence-electron chi connectivity index (χ4n) is 6.70. The Morgan fingerprint density at radius 1 is 0.500 bits per heavy atom. The van der Waals surface area contributed by atoms with Crippen LogP contribution in [0.1, 0.15) is 43.0 Å². The van der Waals surface area contributed by atoms with Gasteiger partial charge < -0.3 is 39.9 Å². The molecule has 0 aromatic heterocycles. The SMILES string of the molecule is COc1cc(/C=C/C(=O)Cc2cc(N)ccc2-c2ccc(N)cc2CC(=O)/C=C/c2ccc(OC(=O)c3ccc(OC(F)(F)C(F)F)cc3)c(OC)c2)ccc1OC(=O)c1ccc(OC(F)(F)C(F)F)cc1. The Bertz CT molecular complexity index is 2810. The monoisotopic (exact) mass is 1000 g/mol. The van der Waals surface area contributed by atoms with Crippen molar-refractivity contribution in [1.29, 1.82) is 0 Å². The molecule has 0 fully saturated rings. The third-order valence-corrected chi connectivity index (χ3v) is 10.2. The number of ketones is 2. The van der Waals surface area contributed by atoms with Crippen LogP contribution in [0.2, 0.25) is 0 Å². The number of benzene rings is 6. The van der Waals surface area contributed by atoms with Crippen LogP contribution < -0.4 is 39.9 Å². The Hall–Kier alpha value is -8.68. The Balaban J connectivity index is 1.10. The molecule has 6 aromatic carbocycles. The number of carbonyl (C=O) groups is 4. The number of halogens is 8. The van der Waals surface area contributed by atoms with Crippen molar-refractivity contribution in [1.82, 2.24) is 0 Å². The highest BCUT2D eigenvalue weighted by molar-refractivity contribution is 5.98. The Morgan fingerprint density at radius 2 is 0.861 bits per heavy atom. The van der Waals surface area contributed by atoms with E-state index in [4.69, 9.17) is 30.4 Å².